The molecule has 10 nitrogen and oxygen atoms in total. The van der Waals surface area contributed by atoms with E-state index in [2.05, 4.69) is 20.3 Å². The molecule has 2 aliphatic heterocycles. The summed E-state index contributed by atoms with van der Waals surface area (Å²) >= 11 is 0.651. The van der Waals surface area contributed by atoms with Crippen molar-refractivity contribution >= 4 is 37.1 Å². The van der Waals surface area contributed by atoms with E-state index >= 15 is 0 Å². The van der Waals surface area contributed by atoms with Crippen LogP contribution in [0.5, 0.6) is 0 Å². The second kappa shape index (κ2) is 10.1. The highest BCUT2D eigenvalue weighted by atomic mass is 32.2. The first-order valence-corrected chi connectivity index (χ1v) is 15.4. The Hall–Kier alpha value is -1.95. The van der Waals surface area contributed by atoms with Crippen LogP contribution in [0, 0.1) is 5.82 Å². The summed E-state index contributed by atoms with van der Waals surface area (Å²) < 4.78 is 104. The van der Waals surface area contributed by atoms with Crippen LogP contribution in [0.25, 0.3) is 10.6 Å². The van der Waals surface area contributed by atoms with E-state index in [-0.39, 0.29) is 61.2 Å². The number of piperidine rings is 1. The smallest absolute Gasteiger partial charge is 0.351 e. The van der Waals surface area contributed by atoms with Crippen molar-refractivity contribution in [2.75, 3.05) is 49.3 Å². The molecule has 2 saturated heterocycles. The third-order valence-electron chi connectivity index (χ3n) is 5.95. The minimum Gasteiger partial charge on any atom is -0.351 e. The van der Waals surface area contributed by atoms with Crippen LogP contribution in [0.3, 0.4) is 0 Å². The lowest BCUT2D eigenvalue weighted by Crippen LogP contribution is -2.42. The Kier molecular flexibility index (Phi) is 7.58. The van der Waals surface area contributed by atoms with Gasteiger partial charge < -0.3 is 5.32 Å². The third kappa shape index (κ3) is 6.48. The van der Waals surface area contributed by atoms with Gasteiger partial charge in [0.25, 0.3) is 0 Å². The number of sulfonamides is 1. The fourth-order valence-corrected chi connectivity index (χ4v) is 7.26. The largest absolute Gasteiger partial charge is 0.434 e. The number of alkyl halides is 3. The molecule has 2 aromatic rings. The number of anilines is 1. The van der Waals surface area contributed by atoms with Gasteiger partial charge in [0.15, 0.2) is 21.3 Å². The lowest BCUT2D eigenvalue weighted by molar-refractivity contribution is -0.140. The van der Waals surface area contributed by atoms with Crippen LogP contribution < -0.4 is 5.32 Å². The molecule has 0 spiro atoms. The average molecular weight is 573 g/mol. The second-order valence-electron chi connectivity index (χ2n) is 8.68. The van der Waals surface area contributed by atoms with Crippen LogP contribution >= 0.6 is 11.3 Å². The SMILES string of the molecule is CS(=O)(=O)N1CCC(Nc2ncc(F)c(-c3sc(CN4CCS(=O)(=O)CC4)nc3C(F)(F)F)n2)CC1. The van der Waals surface area contributed by atoms with Gasteiger partial charge in [-0.05, 0) is 12.8 Å². The zero-order valence-electron chi connectivity index (χ0n) is 19.1. The number of rotatable bonds is 6. The summed E-state index contributed by atoms with van der Waals surface area (Å²) in [5.74, 6) is -1.29. The summed E-state index contributed by atoms with van der Waals surface area (Å²) in [7, 11) is -6.48. The van der Waals surface area contributed by atoms with Gasteiger partial charge in [-0.2, -0.15) is 13.2 Å². The fraction of sp³-hybridized carbons (Fsp3) is 0.632. The predicted molar refractivity (Wildman–Crippen MR) is 125 cm³/mol. The molecular formula is C19H24F4N6O4S3. The predicted octanol–water partition coefficient (Wildman–Crippen LogP) is 1.82. The summed E-state index contributed by atoms with van der Waals surface area (Å²) in [4.78, 5) is 12.7. The highest BCUT2D eigenvalue weighted by molar-refractivity contribution is 7.91. The Morgan fingerprint density at radius 1 is 1.14 bits per heavy atom. The molecule has 4 rings (SSSR count). The van der Waals surface area contributed by atoms with Crippen molar-refractivity contribution in [3.63, 3.8) is 0 Å². The van der Waals surface area contributed by atoms with E-state index < -0.39 is 48.1 Å². The molecule has 1 N–H and O–H groups in total. The third-order valence-corrected chi connectivity index (χ3v) is 9.91. The minimum atomic E-state index is -4.86. The first-order valence-electron chi connectivity index (χ1n) is 11.0. The number of nitrogens with one attached hydrogen (secondary N) is 1. The highest BCUT2D eigenvalue weighted by Crippen LogP contribution is 2.41. The highest BCUT2D eigenvalue weighted by Gasteiger charge is 2.39. The molecule has 0 aromatic carbocycles. The molecule has 36 heavy (non-hydrogen) atoms. The van der Waals surface area contributed by atoms with Crippen molar-refractivity contribution in [1.29, 1.82) is 0 Å². The first-order chi connectivity index (χ1) is 16.7. The normalized spacial score (nSPS) is 20.5. The van der Waals surface area contributed by atoms with E-state index in [0.29, 0.717) is 24.2 Å². The van der Waals surface area contributed by atoms with Gasteiger partial charge >= 0.3 is 6.18 Å². The number of thiazole rings is 1. The number of hydrogen-bond donors (Lipinski definition) is 1. The summed E-state index contributed by atoms with van der Waals surface area (Å²) in [5.41, 5.74) is -1.81. The Labute approximate surface area is 209 Å². The number of halogens is 4. The molecule has 0 atom stereocenters. The van der Waals surface area contributed by atoms with Crippen LogP contribution in [0.2, 0.25) is 0 Å². The van der Waals surface area contributed by atoms with Crippen molar-refractivity contribution in [2.45, 2.75) is 31.6 Å². The van der Waals surface area contributed by atoms with E-state index in [4.69, 9.17) is 0 Å². The Morgan fingerprint density at radius 2 is 1.78 bits per heavy atom. The molecule has 0 radical (unpaired) electrons. The van der Waals surface area contributed by atoms with Crippen molar-refractivity contribution in [2.24, 2.45) is 0 Å². The molecule has 0 bridgehead atoms. The van der Waals surface area contributed by atoms with Gasteiger partial charge in [0.2, 0.25) is 16.0 Å². The second-order valence-corrected chi connectivity index (χ2v) is 14.1. The summed E-state index contributed by atoms with van der Waals surface area (Å²) in [6.07, 6.45) is -2.12. The summed E-state index contributed by atoms with van der Waals surface area (Å²) in [6, 6.07) is -0.240. The quantitative estimate of drug-likeness (QED) is 0.516. The zero-order valence-corrected chi connectivity index (χ0v) is 21.6. The molecule has 0 saturated carbocycles. The van der Waals surface area contributed by atoms with E-state index in [9.17, 15) is 34.4 Å². The maximum Gasteiger partial charge on any atom is 0.434 e. The first kappa shape index (κ1) is 27.1. The molecule has 0 aliphatic carbocycles. The molecule has 200 valence electrons. The summed E-state index contributed by atoms with van der Waals surface area (Å²) in [5, 5.41) is 3.02. The van der Waals surface area contributed by atoms with Crippen molar-refractivity contribution in [1.82, 2.24) is 24.2 Å². The Balaban J connectivity index is 1.55. The van der Waals surface area contributed by atoms with Crippen LogP contribution in [0.15, 0.2) is 6.20 Å². The average Bonchev–Trinajstić information content (AvgIpc) is 3.20. The van der Waals surface area contributed by atoms with E-state index in [1.807, 2.05) is 0 Å². The monoisotopic (exact) mass is 572 g/mol. The lowest BCUT2D eigenvalue weighted by Gasteiger charge is -2.30. The van der Waals surface area contributed by atoms with Gasteiger partial charge in [0.1, 0.15) is 10.7 Å². The number of nitrogens with zero attached hydrogens (tertiary/aromatic N) is 5. The topological polar surface area (TPSA) is 125 Å². The number of sulfone groups is 1. The number of hydrogen-bond acceptors (Lipinski definition) is 10. The minimum absolute atomic E-state index is 0.0000130. The molecule has 17 heteroatoms. The van der Waals surface area contributed by atoms with Gasteiger partial charge in [0, 0.05) is 32.2 Å². The van der Waals surface area contributed by atoms with Crippen LogP contribution in [-0.4, -0.2) is 91.0 Å². The zero-order chi connectivity index (χ0) is 26.3. The van der Waals surface area contributed by atoms with E-state index in [1.54, 1.807) is 4.90 Å². The maximum atomic E-state index is 14.6. The lowest BCUT2D eigenvalue weighted by atomic mass is 10.1. The van der Waals surface area contributed by atoms with E-state index in [0.717, 1.165) is 12.5 Å². The van der Waals surface area contributed by atoms with Crippen LogP contribution in [-0.2, 0) is 32.6 Å². The van der Waals surface area contributed by atoms with E-state index in [1.165, 1.54) is 4.31 Å². The molecule has 2 fully saturated rings. The molecule has 0 amide bonds. The van der Waals surface area contributed by atoms with Gasteiger partial charge in [-0.3, -0.25) is 4.90 Å². The molecule has 4 heterocycles. The van der Waals surface area contributed by atoms with Gasteiger partial charge in [-0.1, -0.05) is 0 Å². The number of aromatic nitrogens is 3. The van der Waals surface area contributed by atoms with Crippen LogP contribution in [0.4, 0.5) is 23.5 Å². The Morgan fingerprint density at radius 3 is 2.36 bits per heavy atom. The maximum absolute atomic E-state index is 14.6. The van der Waals surface area contributed by atoms with Crippen molar-refractivity contribution in [3.05, 3.63) is 22.7 Å². The summed E-state index contributed by atoms with van der Waals surface area (Å²) in [6.45, 7) is 0.872. The van der Waals surface area contributed by atoms with Crippen molar-refractivity contribution in [3.8, 4) is 10.6 Å². The van der Waals surface area contributed by atoms with Gasteiger partial charge in [-0.25, -0.2) is 40.5 Å². The van der Waals surface area contributed by atoms with Gasteiger partial charge in [0.05, 0.1) is 35.4 Å². The fourth-order valence-electron chi connectivity index (χ4n) is 3.99. The Bertz CT molecular complexity index is 1310. The molecular weight excluding hydrogens is 548 g/mol. The van der Waals surface area contributed by atoms with Crippen LogP contribution in [0.1, 0.15) is 23.5 Å². The molecule has 0 unspecified atom stereocenters. The molecule has 2 aliphatic rings. The molecule has 2 aromatic heterocycles. The van der Waals surface area contributed by atoms with Crippen molar-refractivity contribution < 1.29 is 34.4 Å². The standard InChI is InChI=1S/C19H24F4N6O4S3/c1-35(30,31)29-4-2-12(3-5-29)25-18-24-10-13(20)15(27-18)16-17(19(21,22)23)26-14(34-16)11-28-6-8-36(32,33)9-7-28/h10,12H,2-9,11H2,1H3,(H,24,25,27). The van der Waals surface area contributed by atoms with Gasteiger partial charge in [-0.15, -0.1) is 11.3 Å².